The molecule has 0 aliphatic carbocycles. The van der Waals surface area contributed by atoms with E-state index in [0.29, 0.717) is 11.6 Å². The maximum Gasteiger partial charge on any atom is 0.242 e. The van der Waals surface area contributed by atoms with Crippen molar-refractivity contribution in [3.8, 4) is 0 Å². The molecule has 0 saturated heterocycles. The molecule has 0 atom stereocenters. The maximum absolute atomic E-state index is 11.9. The number of hydrogen-bond donors (Lipinski definition) is 0. The van der Waals surface area contributed by atoms with E-state index in [9.17, 15) is 8.42 Å². The first kappa shape index (κ1) is 13.8. The van der Waals surface area contributed by atoms with E-state index >= 15 is 0 Å². The summed E-state index contributed by atoms with van der Waals surface area (Å²) in [4.78, 5) is 0.190. The molecule has 0 aromatic heterocycles. The molecule has 0 radical (unpaired) electrons. The van der Waals surface area contributed by atoms with Gasteiger partial charge in [-0.15, -0.1) is 11.6 Å². The first-order chi connectivity index (χ1) is 7.43. The molecule has 0 amide bonds. The molecule has 0 saturated carbocycles. The summed E-state index contributed by atoms with van der Waals surface area (Å²) in [5, 5.41) is 0.376. The molecule has 0 aliphatic heterocycles. The predicted octanol–water partition coefficient (Wildman–Crippen LogP) is 2.72. The van der Waals surface area contributed by atoms with E-state index in [1.54, 1.807) is 13.0 Å². The second kappa shape index (κ2) is 5.36. The van der Waals surface area contributed by atoms with Gasteiger partial charge in [0.25, 0.3) is 0 Å². The van der Waals surface area contributed by atoms with Crippen LogP contribution in [0.25, 0.3) is 0 Å². The van der Waals surface area contributed by atoms with Crippen molar-refractivity contribution in [1.29, 1.82) is 0 Å². The molecule has 0 bridgehead atoms. The van der Waals surface area contributed by atoms with E-state index in [2.05, 4.69) is 0 Å². The van der Waals surface area contributed by atoms with Crippen molar-refractivity contribution < 1.29 is 8.42 Å². The van der Waals surface area contributed by atoms with Crippen LogP contribution in [0, 0.1) is 0 Å². The second-order valence-corrected chi connectivity index (χ2v) is 6.03. The van der Waals surface area contributed by atoms with Crippen molar-refractivity contribution in [2.24, 2.45) is 0 Å². The number of sulfonamides is 1. The lowest BCUT2D eigenvalue weighted by Gasteiger charge is -2.15. The Labute approximate surface area is 106 Å². The fourth-order valence-electron chi connectivity index (χ4n) is 1.15. The van der Waals surface area contributed by atoms with Gasteiger partial charge in [-0.25, -0.2) is 12.7 Å². The molecule has 1 aromatic rings. The van der Waals surface area contributed by atoms with Crippen molar-refractivity contribution in [2.75, 3.05) is 13.6 Å². The van der Waals surface area contributed by atoms with Crippen LogP contribution in [-0.4, -0.2) is 26.3 Å². The lowest BCUT2D eigenvalue weighted by molar-refractivity contribution is 0.486. The van der Waals surface area contributed by atoms with Crippen LogP contribution in [0.15, 0.2) is 23.1 Å². The minimum absolute atomic E-state index is 0.190. The van der Waals surface area contributed by atoms with Gasteiger partial charge in [0.1, 0.15) is 0 Å². The lowest BCUT2D eigenvalue weighted by Crippen LogP contribution is -2.26. The number of alkyl halides is 1. The highest BCUT2D eigenvalue weighted by atomic mass is 35.5. The maximum atomic E-state index is 11.9. The van der Waals surface area contributed by atoms with Crippen LogP contribution >= 0.6 is 23.2 Å². The molecule has 1 aromatic carbocycles. The van der Waals surface area contributed by atoms with Gasteiger partial charge < -0.3 is 0 Å². The third-order valence-electron chi connectivity index (χ3n) is 2.32. The van der Waals surface area contributed by atoms with Gasteiger partial charge in [-0.2, -0.15) is 0 Å². The van der Waals surface area contributed by atoms with Crippen LogP contribution < -0.4 is 0 Å². The van der Waals surface area contributed by atoms with Crippen molar-refractivity contribution in [2.45, 2.75) is 17.7 Å². The summed E-state index contributed by atoms with van der Waals surface area (Å²) in [5.74, 6) is 0.267. The standard InChI is InChI=1S/C10H13Cl2NO2S/c1-3-13(2)16(14,15)9-5-4-8(7-11)10(12)6-9/h4-6H,3,7H2,1-2H3. The van der Waals surface area contributed by atoms with Crippen LogP contribution in [0.1, 0.15) is 12.5 Å². The molecule has 0 spiro atoms. The van der Waals surface area contributed by atoms with Gasteiger partial charge in [0.15, 0.2) is 0 Å². The quantitative estimate of drug-likeness (QED) is 0.796. The number of hydrogen-bond acceptors (Lipinski definition) is 2. The Bertz CT molecular complexity index is 474. The molecular formula is C10H13Cl2NO2S. The van der Waals surface area contributed by atoms with E-state index < -0.39 is 10.0 Å². The van der Waals surface area contributed by atoms with Crippen molar-refractivity contribution >= 4 is 33.2 Å². The Morgan fingerprint density at radius 1 is 1.38 bits per heavy atom. The van der Waals surface area contributed by atoms with Gasteiger partial charge in [0.2, 0.25) is 10.0 Å². The Balaban J connectivity index is 3.21. The van der Waals surface area contributed by atoms with Gasteiger partial charge in [-0.3, -0.25) is 0 Å². The minimum Gasteiger partial charge on any atom is -0.207 e. The molecule has 3 nitrogen and oxygen atoms in total. The van der Waals surface area contributed by atoms with Gasteiger partial charge in [-0.05, 0) is 17.7 Å². The van der Waals surface area contributed by atoms with E-state index in [1.165, 1.54) is 23.5 Å². The molecular weight excluding hydrogens is 269 g/mol. The van der Waals surface area contributed by atoms with Gasteiger partial charge in [0.05, 0.1) is 4.90 Å². The molecule has 0 fully saturated rings. The Morgan fingerprint density at radius 3 is 2.44 bits per heavy atom. The largest absolute Gasteiger partial charge is 0.242 e. The summed E-state index contributed by atoms with van der Waals surface area (Å²) in [6, 6.07) is 4.58. The van der Waals surface area contributed by atoms with Gasteiger partial charge in [-0.1, -0.05) is 24.6 Å². The Morgan fingerprint density at radius 2 is 2.00 bits per heavy atom. The van der Waals surface area contributed by atoms with E-state index in [4.69, 9.17) is 23.2 Å². The van der Waals surface area contributed by atoms with E-state index in [-0.39, 0.29) is 10.8 Å². The number of nitrogens with zero attached hydrogens (tertiary/aromatic N) is 1. The summed E-state index contributed by atoms with van der Waals surface area (Å²) in [6.45, 7) is 2.18. The second-order valence-electron chi connectivity index (χ2n) is 3.31. The summed E-state index contributed by atoms with van der Waals surface area (Å²) >= 11 is 11.6. The topological polar surface area (TPSA) is 37.4 Å². The van der Waals surface area contributed by atoms with Crippen molar-refractivity contribution in [3.05, 3.63) is 28.8 Å². The first-order valence-electron chi connectivity index (χ1n) is 4.74. The average molecular weight is 282 g/mol. The Hall–Kier alpha value is -0.290. The third kappa shape index (κ3) is 2.69. The zero-order valence-corrected chi connectivity index (χ0v) is 11.4. The fraction of sp³-hybridized carbons (Fsp3) is 0.400. The average Bonchev–Trinajstić information content (AvgIpc) is 2.27. The monoisotopic (exact) mass is 281 g/mol. The van der Waals surface area contributed by atoms with E-state index in [0.717, 1.165) is 5.56 Å². The van der Waals surface area contributed by atoms with Gasteiger partial charge in [0, 0.05) is 24.5 Å². The molecule has 90 valence electrons. The highest BCUT2D eigenvalue weighted by Crippen LogP contribution is 2.23. The molecule has 0 unspecified atom stereocenters. The van der Waals surface area contributed by atoms with Crippen LogP contribution in [0.3, 0.4) is 0 Å². The van der Waals surface area contributed by atoms with Crippen LogP contribution in [0.2, 0.25) is 5.02 Å². The SMILES string of the molecule is CCN(C)S(=O)(=O)c1ccc(CCl)c(Cl)c1. The van der Waals surface area contributed by atoms with E-state index in [1.807, 2.05) is 0 Å². The number of rotatable bonds is 4. The zero-order chi connectivity index (χ0) is 12.3. The zero-order valence-electron chi connectivity index (χ0n) is 9.07. The lowest BCUT2D eigenvalue weighted by atomic mass is 10.2. The molecule has 0 heterocycles. The molecule has 6 heteroatoms. The molecule has 0 N–H and O–H groups in total. The summed E-state index contributed by atoms with van der Waals surface area (Å²) in [6.07, 6.45) is 0. The smallest absolute Gasteiger partial charge is 0.207 e. The van der Waals surface area contributed by atoms with Crippen molar-refractivity contribution in [3.63, 3.8) is 0 Å². The minimum atomic E-state index is -3.43. The summed E-state index contributed by atoms with van der Waals surface area (Å²) < 4.78 is 25.2. The van der Waals surface area contributed by atoms with Gasteiger partial charge >= 0.3 is 0 Å². The number of benzene rings is 1. The van der Waals surface area contributed by atoms with Crippen LogP contribution in [0.4, 0.5) is 0 Å². The third-order valence-corrected chi connectivity index (χ3v) is 4.89. The Kier molecular flexibility index (Phi) is 4.62. The summed E-state index contributed by atoms with van der Waals surface area (Å²) in [5.41, 5.74) is 0.724. The highest BCUT2D eigenvalue weighted by Gasteiger charge is 2.19. The highest BCUT2D eigenvalue weighted by molar-refractivity contribution is 7.89. The fourth-order valence-corrected chi connectivity index (χ4v) is 2.97. The molecule has 0 aliphatic rings. The first-order valence-corrected chi connectivity index (χ1v) is 7.09. The van der Waals surface area contributed by atoms with Crippen molar-refractivity contribution in [1.82, 2.24) is 4.31 Å². The summed E-state index contributed by atoms with van der Waals surface area (Å²) in [7, 11) is -1.90. The molecule has 16 heavy (non-hydrogen) atoms. The number of halogens is 2. The van der Waals surface area contributed by atoms with Crippen LogP contribution in [0.5, 0.6) is 0 Å². The normalized spacial score (nSPS) is 12.1. The predicted molar refractivity (Wildman–Crippen MR) is 66.5 cm³/mol. The van der Waals surface area contributed by atoms with Crippen LogP contribution in [-0.2, 0) is 15.9 Å². The molecule has 1 rings (SSSR count).